The number of hydrogen-bond acceptors (Lipinski definition) is 5. The van der Waals surface area contributed by atoms with Crippen LogP contribution in [-0.2, 0) is 0 Å². The van der Waals surface area contributed by atoms with E-state index in [1.165, 1.54) is 43.4 Å². The van der Waals surface area contributed by atoms with Crippen molar-refractivity contribution in [3.05, 3.63) is 34.3 Å². The zero-order valence-corrected chi connectivity index (χ0v) is 14.3. The molecule has 0 saturated heterocycles. The molecule has 0 aliphatic heterocycles. The molecule has 23 heavy (non-hydrogen) atoms. The molecular formula is C17H21N3O2S. The highest BCUT2D eigenvalue weighted by Gasteiger charge is 2.20. The van der Waals surface area contributed by atoms with Gasteiger partial charge in [-0.15, -0.1) is 10.2 Å². The van der Waals surface area contributed by atoms with E-state index in [1.54, 1.807) is 19.2 Å². The number of nitrogens with zero attached hydrogens (tertiary/aromatic N) is 2. The lowest BCUT2D eigenvalue weighted by molar-refractivity contribution is 0.102. The van der Waals surface area contributed by atoms with Crippen molar-refractivity contribution in [1.29, 1.82) is 0 Å². The van der Waals surface area contributed by atoms with Gasteiger partial charge in [0.2, 0.25) is 5.13 Å². The molecule has 0 unspecified atom stereocenters. The molecule has 1 saturated carbocycles. The van der Waals surface area contributed by atoms with Crippen LogP contribution >= 0.6 is 11.3 Å². The standard InChI is InChI=1S/C17H21N3O2S/c1-11-8-9-13(10-14(11)22-2)15(21)18-17-20-19-16(23-17)12-6-4-3-5-7-12/h8-10,12H,3-7H2,1-2H3,(H,18,20,21). The summed E-state index contributed by atoms with van der Waals surface area (Å²) < 4.78 is 5.26. The molecule has 1 fully saturated rings. The molecule has 0 atom stereocenters. The quantitative estimate of drug-likeness (QED) is 0.914. The molecule has 1 aliphatic rings. The van der Waals surface area contributed by atoms with Crippen LogP contribution in [0.4, 0.5) is 5.13 Å². The Kier molecular flexibility index (Phi) is 4.91. The molecule has 0 bridgehead atoms. The minimum atomic E-state index is -0.186. The summed E-state index contributed by atoms with van der Waals surface area (Å²) >= 11 is 1.49. The van der Waals surface area contributed by atoms with Gasteiger partial charge >= 0.3 is 0 Å². The van der Waals surface area contributed by atoms with Gasteiger partial charge in [-0.05, 0) is 37.5 Å². The van der Waals surface area contributed by atoms with Crippen molar-refractivity contribution in [1.82, 2.24) is 10.2 Å². The van der Waals surface area contributed by atoms with Gasteiger partial charge in [0.15, 0.2) is 0 Å². The van der Waals surface area contributed by atoms with E-state index in [-0.39, 0.29) is 5.91 Å². The minimum Gasteiger partial charge on any atom is -0.496 e. The number of anilines is 1. The summed E-state index contributed by atoms with van der Waals surface area (Å²) in [7, 11) is 1.60. The van der Waals surface area contributed by atoms with Crippen molar-refractivity contribution in [2.24, 2.45) is 0 Å². The maximum atomic E-state index is 12.4. The Bertz CT molecular complexity index is 693. The van der Waals surface area contributed by atoms with Gasteiger partial charge in [0, 0.05) is 11.5 Å². The van der Waals surface area contributed by atoms with Gasteiger partial charge in [0.25, 0.3) is 5.91 Å². The Morgan fingerprint density at radius 3 is 2.78 bits per heavy atom. The van der Waals surface area contributed by atoms with Gasteiger partial charge in [-0.1, -0.05) is 36.7 Å². The van der Waals surface area contributed by atoms with E-state index in [2.05, 4.69) is 15.5 Å². The number of benzene rings is 1. The minimum absolute atomic E-state index is 0.186. The van der Waals surface area contributed by atoms with Crippen LogP contribution in [0.25, 0.3) is 0 Å². The molecule has 122 valence electrons. The molecule has 6 heteroatoms. The zero-order chi connectivity index (χ0) is 16.2. The summed E-state index contributed by atoms with van der Waals surface area (Å²) in [4.78, 5) is 12.4. The summed E-state index contributed by atoms with van der Waals surface area (Å²) in [6.45, 7) is 1.95. The molecule has 2 aromatic rings. The van der Waals surface area contributed by atoms with Crippen molar-refractivity contribution in [3.63, 3.8) is 0 Å². The van der Waals surface area contributed by atoms with Crippen molar-refractivity contribution in [2.75, 3.05) is 12.4 Å². The number of nitrogens with one attached hydrogen (secondary N) is 1. The van der Waals surface area contributed by atoms with E-state index < -0.39 is 0 Å². The molecule has 1 amide bonds. The first kappa shape index (κ1) is 15.9. The van der Waals surface area contributed by atoms with Crippen molar-refractivity contribution < 1.29 is 9.53 Å². The molecule has 1 aromatic heterocycles. The third kappa shape index (κ3) is 3.69. The van der Waals surface area contributed by atoms with E-state index in [0.717, 1.165) is 10.6 Å². The largest absolute Gasteiger partial charge is 0.496 e. The predicted octanol–water partition coefficient (Wildman–Crippen LogP) is 4.16. The smallest absolute Gasteiger partial charge is 0.257 e. The second-order valence-corrected chi connectivity index (χ2v) is 6.93. The first-order valence-corrected chi connectivity index (χ1v) is 8.78. The number of ether oxygens (including phenoxy) is 1. The van der Waals surface area contributed by atoms with E-state index in [1.807, 2.05) is 13.0 Å². The molecule has 1 aliphatic carbocycles. The van der Waals surface area contributed by atoms with Crippen molar-refractivity contribution in [3.8, 4) is 5.75 Å². The fourth-order valence-corrected chi connectivity index (χ4v) is 3.84. The lowest BCUT2D eigenvalue weighted by Gasteiger charge is -2.18. The number of carbonyl (C=O) groups excluding carboxylic acids is 1. The summed E-state index contributed by atoms with van der Waals surface area (Å²) in [5.41, 5.74) is 1.56. The summed E-state index contributed by atoms with van der Waals surface area (Å²) in [6, 6.07) is 5.41. The topological polar surface area (TPSA) is 64.1 Å². The number of rotatable bonds is 4. The van der Waals surface area contributed by atoms with Crippen molar-refractivity contribution in [2.45, 2.75) is 44.9 Å². The average molecular weight is 331 g/mol. The highest BCUT2D eigenvalue weighted by atomic mass is 32.1. The Hall–Kier alpha value is -1.95. The Balaban J connectivity index is 1.69. The molecule has 5 nitrogen and oxygen atoms in total. The van der Waals surface area contributed by atoms with Crippen LogP contribution in [0.1, 0.15) is 59.0 Å². The third-order valence-corrected chi connectivity index (χ3v) is 5.29. The molecular weight excluding hydrogens is 310 g/mol. The Labute approximate surface area is 140 Å². The second-order valence-electron chi connectivity index (χ2n) is 5.92. The first-order chi connectivity index (χ1) is 11.2. The SMILES string of the molecule is COc1cc(C(=O)Nc2nnc(C3CCCCC3)s2)ccc1C. The van der Waals surface area contributed by atoms with E-state index in [9.17, 15) is 4.79 Å². The molecule has 3 rings (SSSR count). The Morgan fingerprint density at radius 2 is 2.04 bits per heavy atom. The van der Waals surface area contributed by atoms with Gasteiger partial charge in [0.1, 0.15) is 10.8 Å². The van der Waals surface area contributed by atoms with Crippen LogP contribution in [0.5, 0.6) is 5.75 Å². The van der Waals surface area contributed by atoms with Gasteiger partial charge in [-0.3, -0.25) is 10.1 Å². The molecule has 0 radical (unpaired) electrons. The van der Waals surface area contributed by atoms with Crippen LogP contribution in [0.3, 0.4) is 0 Å². The van der Waals surface area contributed by atoms with E-state index in [4.69, 9.17) is 4.74 Å². The molecule has 0 spiro atoms. The number of hydrogen-bond donors (Lipinski definition) is 1. The maximum Gasteiger partial charge on any atom is 0.257 e. The van der Waals surface area contributed by atoms with Crippen LogP contribution in [0.15, 0.2) is 18.2 Å². The normalized spacial score (nSPS) is 15.4. The maximum absolute atomic E-state index is 12.4. The fourth-order valence-electron chi connectivity index (χ4n) is 2.93. The fraction of sp³-hybridized carbons (Fsp3) is 0.471. The van der Waals surface area contributed by atoms with Crippen LogP contribution < -0.4 is 10.1 Å². The van der Waals surface area contributed by atoms with Crippen LogP contribution in [0.2, 0.25) is 0 Å². The molecule has 1 N–H and O–H groups in total. The summed E-state index contributed by atoms with van der Waals surface area (Å²) in [5, 5.41) is 12.8. The lowest BCUT2D eigenvalue weighted by atomic mass is 9.90. The van der Waals surface area contributed by atoms with Crippen molar-refractivity contribution >= 4 is 22.4 Å². The molecule has 1 heterocycles. The van der Waals surface area contributed by atoms with Gasteiger partial charge in [-0.2, -0.15) is 0 Å². The predicted molar refractivity (Wildman–Crippen MR) is 91.4 cm³/mol. The second kappa shape index (κ2) is 7.08. The van der Waals surface area contributed by atoms with Gasteiger partial charge < -0.3 is 4.74 Å². The van der Waals surface area contributed by atoms with E-state index in [0.29, 0.717) is 22.4 Å². The van der Waals surface area contributed by atoms with Gasteiger partial charge in [-0.25, -0.2) is 0 Å². The first-order valence-electron chi connectivity index (χ1n) is 7.97. The van der Waals surface area contributed by atoms with E-state index >= 15 is 0 Å². The number of aromatic nitrogens is 2. The monoisotopic (exact) mass is 331 g/mol. The third-order valence-electron chi connectivity index (χ3n) is 4.29. The lowest BCUT2D eigenvalue weighted by Crippen LogP contribution is -2.12. The Morgan fingerprint density at radius 1 is 1.26 bits per heavy atom. The van der Waals surface area contributed by atoms with Crippen LogP contribution in [0, 0.1) is 6.92 Å². The molecule has 1 aromatic carbocycles. The average Bonchev–Trinajstić information content (AvgIpc) is 3.04. The number of aryl methyl sites for hydroxylation is 1. The summed E-state index contributed by atoms with van der Waals surface area (Å²) in [5.74, 6) is 1.03. The zero-order valence-electron chi connectivity index (χ0n) is 13.5. The van der Waals surface area contributed by atoms with Gasteiger partial charge in [0.05, 0.1) is 7.11 Å². The summed E-state index contributed by atoms with van der Waals surface area (Å²) in [6.07, 6.45) is 6.19. The van der Waals surface area contributed by atoms with Crippen LogP contribution in [-0.4, -0.2) is 23.2 Å². The highest BCUT2D eigenvalue weighted by molar-refractivity contribution is 7.15. The number of carbonyl (C=O) groups is 1. The number of methoxy groups -OCH3 is 1. The number of amides is 1. The highest BCUT2D eigenvalue weighted by Crippen LogP contribution is 2.35.